The lowest BCUT2D eigenvalue weighted by Crippen LogP contribution is -2.09. The fraction of sp³-hybridized carbons (Fsp3) is 0.286. The molecule has 0 saturated heterocycles. The fourth-order valence-corrected chi connectivity index (χ4v) is 1.97. The summed E-state index contributed by atoms with van der Waals surface area (Å²) in [6, 6.07) is 5.26. The highest BCUT2D eigenvalue weighted by atomic mass is 16.4. The highest BCUT2D eigenvalue weighted by molar-refractivity contribution is 5.89. The summed E-state index contributed by atoms with van der Waals surface area (Å²) in [6.07, 6.45) is 4.52. The van der Waals surface area contributed by atoms with Crippen molar-refractivity contribution >= 4 is 11.7 Å². The molecule has 2 aromatic rings. The van der Waals surface area contributed by atoms with Crippen LogP contribution in [-0.4, -0.2) is 27.2 Å². The minimum absolute atomic E-state index is 0.342. The standard InChI is InChI=1S/C14H17N3O2/c1-10-9-11(3-4-12(10)14(18)19)15-6-5-13-16-7-8-17(13)2/h3-4,7-9,15H,5-6H2,1-2H3,(H,18,19). The maximum absolute atomic E-state index is 10.9. The van der Waals surface area contributed by atoms with Gasteiger partial charge in [-0.05, 0) is 30.7 Å². The van der Waals surface area contributed by atoms with Gasteiger partial charge in [0.15, 0.2) is 0 Å². The first kappa shape index (κ1) is 13.1. The Morgan fingerprint density at radius 2 is 2.26 bits per heavy atom. The predicted molar refractivity (Wildman–Crippen MR) is 73.5 cm³/mol. The Bertz CT molecular complexity index is 590. The van der Waals surface area contributed by atoms with Gasteiger partial charge in [-0.2, -0.15) is 0 Å². The number of imidazole rings is 1. The van der Waals surface area contributed by atoms with E-state index in [0.717, 1.165) is 30.0 Å². The molecule has 100 valence electrons. The van der Waals surface area contributed by atoms with E-state index in [1.165, 1.54) is 0 Å². The lowest BCUT2D eigenvalue weighted by atomic mass is 10.1. The summed E-state index contributed by atoms with van der Waals surface area (Å²) in [4.78, 5) is 15.2. The van der Waals surface area contributed by atoms with Gasteiger partial charge in [0, 0.05) is 38.1 Å². The molecule has 0 radical (unpaired) electrons. The molecule has 1 aromatic heterocycles. The third kappa shape index (κ3) is 3.13. The molecule has 0 spiro atoms. The monoisotopic (exact) mass is 259 g/mol. The molecular weight excluding hydrogens is 242 g/mol. The Balaban J connectivity index is 1.95. The van der Waals surface area contributed by atoms with Gasteiger partial charge in [0.25, 0.3) is 0 Å². The number of carbonyl (C=O) groups is 1. The van der Waals surface area contributed by atoms with Crippen LogP contribution in [0.1, 0.15) is 21.7 Å². The number of aromatic carboxylic acids is 1. The summed E-state index contributed by atoms with van der Waals surface area (Å²) < 4.78 is 1.99. The van der Waals surface area contributed by atoms with Crippen LogP contribution in [0.5, 0.6) is 0 Å². The molecule has 0 atom stereocenters. The van der Waals surface area contributed by atoms with Crippen molar-refractivity contribution in [1.29, 1.82) is 0 Å². The largest absolute Gasteiger partial charge is 0.478 e. The summed E-state index contributed by atoms with van der Waals surface area (Å²) in [7, 11) is 1.97. The van der Waals surface area contributed by atoms with E-state index in [9.17, 15) is 4.79 Å². The molecule has 0 unspecified atom stereocenters. The Hall–Kier alpha value is -2.30. The molecular formula is C14H17N3O2. The van der Waals surface area contributed by atoms with E-state index in [1.54, 1.807) is 25.3 Å². The van der Waals surface area contributed by atoms with Crippen LogP contribution in [-0.2, 0) is 13.5 Å². The number of benzene rings is 1. The van der Waals surface area contributed by atoms with Gasteiger partial charge in [-0.15, -0.1) is 0 Å². The molecule has 0 aliphatic rings. The van der Waals surface area contributed by atoms with Crippen LogP contribution in [0.2, 0.25) is 0 Å². The third-order valence-electron chi connectivity index (χ3n) is 3.06. The average Bonchev–Trinajstić information content (AvgIpc) is 2.75. The van der Waals surface area contributed by atoms with E-state index in [-0.39, 0.29) is 0 Å². The third-order valence-corrected chi connectivity index (χ3v) is 3.06. The van der Waals surface area contributed by atoms with Gasteiger partial charge in [-0.1, -0.05) is 0 Å². The molecule has 0 amide bonds. The van der Waals surface area contributed by atoms with Gasteiger partial charge in [-0.3, -0.25) is 0 Å². The minimum Gasteiger partial charge on any atom is -0.478 e. The number of hydrogen-bond donors (Lipinski definition) is 2. The summed E-state index contributed by atoms with van der Waals surface area (Å²) in [5.41, 5.74) is 2.03. The van der Waals surface area contributed by atoms with E-state index < -0.39 is 5.97 Å². The molecule has 5 nitrogen and oxygen atoms in total. The zero-order valence-corrected chi connectivity index (χ0v) is 11.1. The number of nitrogens with one attached hydrogen (secondary N) is 1. The molecule has 19 heavy (non-hydrogen) atoms. The average molecular weight is 259 g/mol. The molecule has 0 fully saturated rings. The van der Waals surface area contributed by atoms with Gasteiger partial charge in [0.2, 0.25) is 0 Å². The lowest BCUT2D eigenvalue weighted by Gasteiger charge is -2.08. The molecule has 0 saturated carbocycles. The van der Waals surface area contributed by atoms with Crippen molar-refractivity contribution in [3.8, 4) is 0 Å². The van der Waals surface area contributed by atoms with Crippen LogP contribution in [0.3, 0.4) is 0 Å². The number of aromatic nitrogens is 2. The normalized spacial score (nSPS) is 10.4. The Morgan fingerprint density at radius 1 is 1.47 bits per heavy atom. The van der Waals surface area contributed by atoms with Gasteiger partial charge < -0.3 is 15.0 Å². The number of hydrogen-bond acceptors (Lipinski definition) is 3. The van der Waals surface area contributed by atoms with E-state index in [4.69, 9.17) is 5.11 Å². The maximum atomic E-state index is 10.9. The summed E-state index contributed by atoms with van der Waals surface area (Å²) >= 11 is 0. The van der Waals surface area contributed by atoms with Crippen molar-refractivity contribution in [1.82, 2.24) is 9.55 Å². The van der Waals surface area contributed by atoms with Gasteiger partial charge >= 0.3 is 5.97 Å². The second kappa shape index (κ2) is 5.56. The highest BCUT2D eigenvalue weighted by Gasteiger charge is 2.07. The Morgan fingerprint density at radius 3 is 2.84 bits per heavy atom. The fourth-order valence-electron chi connectivity index (χ4n) is 1.97. The molecule has 5 heteroatoms. The molecule has 0 aliphatic carbocycles. The minimum atomic E-state index is -0.892. The van der Waals surface area contributed by atoms with Crippen LogP contribution in [0.4, 0.5) is 5.69 Å². The van der Waals surface area contributed by atoms with Crippen LogP contribution in [0.15, 0.2) is 30.6 Å². The first-order chi connectivity index (χ1) is 9.08. The summed E-state index contributed by atoms with van der Waals surface area (Å²) in [6.45, 7) is 2.56. The van der Waals surface area contributed by atoms with Crippen LogP contribution in [0.25, 0.3) is 0 Å². The van der Waals surface area contributed by atoms with Crippen molar-refractivity contribution in [2.24, 2.45) is 7.05 Å². The number of nitrogens with zero attached hydrogens (tertiary/aromatic N) is 2. The second-order valence-electron chi connectivity index (χ2n) is 4.47. The molecule has 0 aliphatic heterocycles. The smallest absolute Gasteiger partial charge is 0.335 e. The van der Waals surface area contributed by atoms with Crippen molar-refractivity contribution in [2.45, 2.75) is 13.3 Å². The summed E-state index contributed by atoms with van der Waals surface area (Å²) in [5.74, 6) is 0.128. The molecule has 2 N–H and O–H groups in total. The first-order valence-corrected chi connectivity index (χ1v) is 6.12. The van der Waals surface area contributed by atoms with Crippen LogP contribution >= 0.6 is 0 Å². The number of aryl methyl sites for hydroxylation is 2. The van der Waals surface area contributed by atoms with Gasteiger partial charge in [0.1, 0.15) is 5.82 Å². The lowest BCUT2D eigenvalue weighted by molar-refractivity contribution is 0.0696. The SMILES string of the molecule is Cc1cc(NCCc2nccn2C)ccc1C(=O)O. The van der Waals surface area contributed by atoms with Crippen molar-refractivity contribution in [3.05, 3.63) is 47.5 Å². The zero-order chi connectivity index (χ0) is 13.8. The highest BCUT2D eigenvalue weighted by Crippen LogP contribution is 2.15. The summed E-state index contributed by atoms with van der Waals surface area (Å²) in [5, 5.41) is 12.2. The predicted octanol–water partition coefficient (Wildman–Crippen LogP) is 2.08. The van der Waals surface area contributed by atoms with Crippen LogP contribution < -0.4 is 5.32 Å². The second-order valence-corrected chi connectivity index (χ2v) is 4.47. The first-order valence-electron chi connectivity index (χ1n) is 6.12. The van der Waals surface area contributed by atoms with Crippen molar-refractivity contribution < 1.29 is 9.90 Å². The molecule has 1 heterocycles. The Labute approximate surface area is 111 Å². The number of carboxylic acid groups (broad SMARTS) is 1. The van der Waals surface area contributed by atoms with E-state index in [0.29, 0.717) is 5.56 Å². The van der Waals surface area contributed by atoms with E-state index in [1.807, 2.05) is 23.9 Å². The van der Waals surface area contributed by atoms with E-state index in [2.05, 4.69) is 10.3 Å². The molecule has 0 bridgehead atoms. The maximum Gasteiger partial charge on any atom is 0.335 e. The molecule has 2 rings (SSSR count). The van der Waals surface area contributed by atoms with Crippen molar-refractivity contribution in [3.63, 3.8) is 0 Å². The molecule has 1 aromatic carbocycles. The van der Waals surface area contributed by atoms with E-state index >= 15 is 0 Å². The van der Waals surface area contributed by atoms with Crippen molar-refractivity contribution in [2.75, 3.05) is 11.9 Å². The number of rotatable bonds is 5. The van der Waals surface area contributed by atoms with Gasteiger partial charge in [-0.25, -0.2) is 9.78 Å². The zero-order valence-electron chi connectivity index (χ0n) is 11.1. The quantitative estimate of drug-likeness (QED) is 0.862. The number of carboxylic acids is 1. The topological polar surface area (TPSA) is 67.2 Å². The number of anilines is 1. The van der Waals surface area contributed by atoms with Crippen LogP contribution in [0, 0.1) is 6.92 Å². The Kier molecular flexibility index (Phi) is 3.85. The van der Waals surface area contributed by atoms with Gasteiger partial charge in [0.05, 0.1) is 5.56 Å².